The minimum absolute atomic E-state index is 0.143. The first-order valence-electron chi connectivity index (χ1n) is 11.5. The van der Waals surface area contributed by atoms with E-state index in [0.717, 1.165) is 28.4 Å². The summed E-state index contributed by atoms with van der Waals surface area (Å²) in [5, 5.41) is 6.41. The zero-order valence-electron chi connectivity index (χ0n) is 20.2. The lowest BCUT2D eigenvalue weighted by atomic mass is 9.93. The predicted molar refractivity (Wildman–Crippen MR) is 143 cm³/mol. The quantitative estimate of drug-likeness (QED) is 0.398. The summed E-state index contributed by atoms with van der Waals surface area (Å²) in [4.78, 5) is 13.1. The molecular formula is C26H37N3OS2. The van der Waals surface area contributed by atoms with Gasteiger partial charge < -0.3 is 16.4 Å². The molecule has 4 nitrogen and oxygen atoms in total. The molecule has 0 saturated carbocycles. The summed E-state index contributed by atoms with van der Waals surface area (Å²) in [6, 6.07) is 10.3. The zero-order chi connectivity index (χ0) is 23.5. The number of hydrogen-bond donors (Lipinski definition) is 3. The van der Waals surface area contributed by atoms with Crippen molar-refractivity contribution in [3.05, 3.63) is 58.1 Å². The fourth-order valence-corrected chi connectivity index (χ4v) is 7.59. The van der Waals surface area contributed by atoms with Crippen LogP contribution in [0.25, 0.3) is 0 Å². The number of para-hydroxylation sites is 1. The van der Waals surface area contributed by atoms with Gasteiger partial charge in [0.25, 0.3) is 0 Å². The highest BCUT2D eigenvalue weighted by molar-refractivity contribution is 8.18. The third kappa shape index (κ3) is 5.23. The number of urea groups is 1. The number of carbonyl (C=O) groups excluding carboxylic acids is 1. The average molecular weight is 472 g/mol. The maximum Gasteiger partial charge on any atom is 0.319 e. The minimum atomic E-state index is -0.198. The fraction of sp³-hybridized carbons (Fsp3) is 0.500. The summed E-state index contributed by atoms with van der Waals surface area (Å²) in [5.41, 5.74) is 13.9. The lowest BCUT2D eigenvalue weighted by Crippen LogP contribution is -2.41. The van der Waals surface area contributed by atoms with Gasteiger partial charge in [-0.15, -0.1) is 23.5 Å². The molecule has 2 aromatic rings. The number of benzene rings is 2. The highest BCUT2D eigenvalue weighted by Crippen LogP contribution is 2.51. The van der Waals surface area contributed by atoms with E-state index in [0.29, 0.717) is 18.4 Å². The van der Waals surface area contributed by atoms with Crippen LogP contribution in [-0.4, -0.2) is 24.1 Å². The van der Waals surface area contributed by atoms with E-state index in [9.17, 15) is 4.79 Å². The van der Waals surface area contributed by atoms with Gasteiger partial charge in [-0.05, 0) is 77.5 Å². The Bertz CT molecular complexity index is 940. The minimum Gasteiger partial charge on any atom is -0.399 e. The van der Waals surface area contributed by atoms with E-state index in [2.05, 4.69) is 76.4 Å². The van der Waals surface area contributed by atoms with E-state index in [1.54, 1.807) is 0 Å². The molecule has 1 saturated heterocycles. The zero-order valence-corrected chi connectivity index (χ0v) is 21.8. The van der Waals surface area contributed by atoms with Gasteiger partial charge in [0.15, 0.2) is 0 Å². The Hall–Kier alpha value is -1.79. The molecule has 0 aliphatic carbocycles. The van der Waals surface area contributed by atoms with Crippen molar-refractivity contribution in [1.29, 1.82) is 0 Å². The first kappa shape index (κ1) is 24.8. The molecule has 4 N–H and O–H groups in total. The molecule has 0 unspecified atom stereocenters. The second-order valence-electron chi connectivity index (χ2n) is 9.18. The maximum absolute atomic E-state index is 13.1. The van der Waals surface area contributed by atoms with Crippen molar-refractivity contribution in [2.75, 3.05) is 29.1 Å². The van der Waals surface area contributed by atoms with E-state index in [4.69, 9.17) is 5.73 Å². The van der Waals surface area contributed by atoms with Crippen molar-refractivity contribution < 1.29 is 4.79 Å². The number of carbonyl (C=O) groups is 1. The molecule has 0 spiro atoms. The van der Waals surface area contributed by atoms with Gasteiger partial charge in [0.05, 0.1) is 0 Å². The number of nitrogen functional groups attached to an aromatic ring is 1. The molecule has 174 valence electrons. The molecule has 0 bridgehead atoms. The Morgan fingerprint density at radius 3 is 2.16 bits per heavy atom. The van der Waals surface area contributed by atoms with E-state index in [-0.39, 0.29) is 10.1 Å². The van der Waals surface area contributed by atoms with Crippen LogP contribution in [0.3, 0.4) is 0 Å². The predicted octanol–water partition coefficient (Wildman–Crippen LogP) is 6.98. The van der Waals surface area contributed by atoms with Crippen molar-refractivity contribution >= 4 is 40.9 Å². The molecule has 1 aliphatic rings. The van der Waals surface area contributed by atoms with Gasteiger partial charge in [-0.2, -0.15) is 0 Å². The third-order valence-corrected chi connectivity index (χ3v) is 9.65. The second-order valence-corrected chi connectivity index (χ2v) is 12.2. The Balaban J connectivity index is 1.85. The van der Waals surface area contributed by atoms with Crippen LogP contribution in [0.5, 0.6) is 0 Å². The van der Waals surface area contributed by atoms with Crippen LogP contribution in [0.4, 0.5) is 16.2 Å². The van der Waals surface area contributed by atoms with Crippen molar-refractivity contribution in [3.8, 4) is 0 Å². The molecule has 3 rings (SSSR count). The van der Waals surface area contributed by atoms with Gasteiger partial charge >= 0.3 is 6.03 Å². The number of rotatable bonds is 6. The van der Waals surface area contributed by atoms with Gasteiger partial charge in [0.2, 0.25) is 0 Å². The maximum atomic E-state index is 13.1. The van der Waals surface area contributed by atoms with Gasteiger partial charge in [-0.1, -0.05) is 52.0 Å². The van der Waals surface area contributed by atoms with Crippen molar-refractivity contribution in [2.45, 2.75) is 63.9 Å². The lowest BCUT2D eigenvalue weighted by Gasteiger charge is -2.38. The first-order valence-corrected chi connectivity index (χ1v) is 13.4. The molecule has 1 fully saturated rings. The number of nitrogens with one attached hydrogen (secondary N) is 2. The number of nitrogens with two attached hydrogens (primary N) is 1. The number of hydrogen-bond acceptors (Lipinski definition) is 4. The lowest BCUT2D eigenvalue weighted by molar-refractivity contribution is 0.252. The van der Waals surface area contributed by atoms with Gasteiger partial charge in [0.1, 0.15) is 4.08 Å². The summed E-state index contributed by atoms with van der Waals surface area (Å²) in [6.07, 6.45) is 1.19. The second kappa shape index (κ2) is 10.4. The summed E-state index contributed by atoms with van der Waals surface area (Å²) in [5.74, 6) is 2.85. The van der Waals surface area contributed by atoms with Crippen LogP contribution in [0, 0.1) is 13.8 Å². The van der Waals surface area contributed by atoms with Crippen LogP contribution < -0.4 is 16.4 Å². The van der Waals surface area contributed by atoms with Crippen molar-refractivity contribution in [2.24, 2.45) is 0 Å². The van der Waals surface area contributed by atoms with Crippen LogP contribution in [0.2, 0.25) is 0 Å². The highest BCUT2D eigenvalue weighted by atomic mass is 32.2. The number of amides is 2. The van der Waals surface area contributed by atoms with E-state index >= 15 is 0 Å². The number of thioether (sulfide) groups is 2. The van der Waals surface area contributed by atoms with Crippen LogP contribution >= 0.6 is 23.5 Å². The van der Waals surface area contributed by atoms with Crippen LogP contribution in [0.1, 0.15) is 73.8 Å². The fourth-order valence-electron chi connectivity index (χ4n) is 4.23. The Kier molecular flexibility index (Phi) is 8.10. The van der Waals surface area contributed by atoms with E-state index < -0.39 is 0 Å². The van der Waals surface area contributed by atoms with Gasteiger partial charge in [0, 0.05) is 17.9 Å². The molecule has 1 aliphatic heterocycles. The van der Waals surface area contributed by atoms with Gasteiger partial charge in [-0.25, -0.2) is 4.79 Å². The third-order valence-electron chi connectivity index (χ3n) is 6.29. The summed E-state index contributed by atoms with van der Waals surface area (Å²) in [7, 11) is 0. The van der Waals surface area contributed by atoms with E-state index in [1.165, 1.54) is 28.7 Å². The Labute approximate surface area is 201 Å². The highest BCUT2D eigenvalue weighted by Gasteiger charge is 2.37. The first-order chi connectivity index (χ1) is 15.2. The molecule has 1 heterocycles. The van der Waals surface area contributed by atoms with Gasteiger partial charge in [-0.3, -0.25) is 0 Å². The standard InChI is InChI=1S/C26H37N3OS2/c1-16(2)20-9-7-10-21(17(3)4)24(20)29-25(30)28-15-26(31-13-8-14-32-26)22-11-12-23(27)19(6)18(22)5/h7,9-12,16-17H,8,13-15,27H2,1-6H3,(H2,28,29,30). The molecule has 6 heteroatoms. The molecule has 0 aromatic heterocycles. The SMILES string of the molecule is Cc1c(N)ccc(C2(CNC(=O)Nc3c(C(C)C)cccc3C(C)C)SCCCS2)c1C. The average Bonchev–Trinajstić information content (AvgIpc) is 2.76. The molecule has 2 aromatic carbocycles. The summed E-state index contributed by atoms with van der Waals surface area (Å²) in [6.45, 7) is 13.5. The normalized spacial score (nSPS) is 15.8. The van der Waals surface area contributed by atoms with E-state index in [1.807, 2.05) is 29.6 Å². The number of anilines is 2. The molecular weight excluding hydrogens is 434 g/mol. The summed E-state index contributed by atoms with van der Waals surface area (Å²) < 4.78 is -0.198. The van der Waals surface area contributed by atoms with Crippen molar-refractivity contribution in [3.63, 3.8) is 0 Å². The molecule has 0 atom stereocenters. The largest absolute Gasteiger partial charge is 0.399 e. The Morgan fingerprint density at radius 1 is 1.00 bits per heavy atom. The van der Waals surface area contributed by atoms with Crippen LogP contribution in [0.15, 0.2) is 30.3 Å². The topological polar surface area (TPSA) is 67.1 Å². The Morgan fingerprint density at radius 2 is 1.59 bits per heavy atom. The van der Waals surface area contributed by atoms with Crippen LogP contribution in [-0.2, 0) is 4.08 Å². The smallest absolute Gasteiger partial charge is 0.319 e. The monoisotopic (exact) mass is 471 g/mol. The molecule has 0 radical (unpaired) electrons. The summed E-state index contributed by atoms with van der Waals surface area (Å²) >= 11 is 3.87. The molecule has 2 amide bonds. The van der Waals surface area contributed by atoms with Crippen molar-refractivity contribution in [1.82, 2.24) is 5.32 Å². The molecule has 32 heavy (non-hydrogen) atoms.